The first-order valence-corrected chi connectivity index (χ1v) is 7.29. The van der Waals surface area contributed by atoms with E-state index in [0.717, 1.165) is 12.6 Å². The highest BCUT2D eigenvalue weighted by molar-refractivity contribution is 4.89. The highest BCUT2D eigenvalue weighted by atomic mass is 15.3. The van der Waals surface area contributed by atoms with Gasteiger partial charge in [-0.1, -0.05) is 0 Å². The molecule has 2 heterocycles. The van der Waals surface area contributed by atoms with Crippen molar-refractivity contribution in [2.24, 2.45) is 0 Å². The molecule has 1 saturated carbocycles. The molecule has 2 fully saturated rings. The molecular weight excluding hydrogens is 224 g/mol. The van der Waals surface area contributed by atoms with Crippen molar-refractivity contribution in [2.75, 3.05) is 13.1 Å². The van der Waals surface area contributed by atoms with Crippen LogP contribution in [0.1, 0.15) is 32.6 Å². The van der Waals surface area contributed by atoms with E-state index >= 15 is 0 Å². The third kappa shape index (κ3) is 3.12. The monoisotopic (exact) mass is 248 g/mol. The van der Waals surface area contributed by atoms with Gasteiger partial charge in [-0.2, -0.15) is 5.10 Å². The number of likely N-dealkylation sites (tertiary alicyclic amines) is 1. The Morgan fingerprint density at radius 3 is 2.94 bits per heavy atom. The zero-order chi connectivity index (χ0) is 12.4. The largest absolute Gasteiger partial charge is 0.310 e. The maximum atomic E-state index is 4.30. The molecule has 100 valence electrons. The Bertz CT molecular complexity index is 358. The molecule has 0 amide bonds. The zero-order valence-electron chi connectivity index (χ0n) is 11.3. The number of rotatable bonds is 5. The lowest BCUT2D eigenvalue weighted by Gasteiger charge is -2.37. The summed E-state index contributed by atoms with van der Waals surface area (Å²) in [4.78, 5) is 2.62. The Hall–Kier alpha value is -0.870. The minimum absolute atomic E-state index is 0.578. The molecule has 18 heavy (non-hydrogen) atoms. The number of piperidine rings is 1. The maximum absolute atomic E-state index is 4.30. The van der Waals surface area contributed by atoms with Gasteiger partial charge in [0.1, 0.15) is 0 Å². The normalized spacial score (nSPS) is 27.3. The van der Waals surface area contributed by atoms with Gasteiger partial charge in [0.25, 0.3) is 0 Å². The molecule has 2 atom stereocenters. The Morgan fingerprint density at radius 2 is 2.22 bits per heavy atom. The summed E-state index contributed by atoms with van der Waals surface area (Å²) in [5, 5.41) is 8.08. The van der Waals surface area contributed by atoms with Gasteiger partial charge in [0.2, 0.25) is 0 Å². The lowest BCUT2D eigenvalue weighted by atomic mass is 10.0. The van der Waals surface area contributed by atoms with E-state index in [1.807, 2.05) is 16.9 Å². The Labute approximate surface area is 109 Å². The van der Waals surface area contributed by atoms with Crippen molar-refractivity contribution in [2.45, 2.75) is 57.3 Å². The van der Waals surface area contributed by atoms with E-state index in [9.17, 15) is 0 Å². The van der Waals surface area contributed by atoms with Crippen molar-refractivity contribution in [1.29, 1.82) is 0 Å². The second-order valence-corrected chi connectivity index (χ2v) is 5.85. The van der Waals surface area contributed by atoms with E-state index in [1.54, 1.807) is 0 Å². The van der Waals surface area contributed by atoms with E-state index in [0.29, 0.717) is 12.1 Å². The molecule has 1 saturated heterocycles. The topological polar surface area (TPSA) is 33.1 Å². The van der Waals surface area contributed by atoms with Crippen molar-refractivity contribution in [3.05, 3.63) is 18.5 Å². The van der Waals surface area contributed by atoms with Gasteiger partial charge in [-0.3, -0.25) is 9.58 Å². The van der Waals surface area contributed by atoms with E-state index in [2.05, 4.69) is 28.4 Å². The van der Waals surface area contributed by atoms with Crippen LogP contribution in [0.5, 0.6) is 0 Å². The minimum atomic E-state index is 0.578. The zero-order valence-corrected chi connectivity index (χ0v) is 11.3. The molecule has 0 bridgehead atoms. The molecule has 4 nitrogen and oxygen atoms in total. The summed E-state index contributed by atoms with van der Waals surface area (Å²) in [5.74, 6) is 0. The van der Waals surface area contributed by atoms with Gasteiger partial charge in [-0.25, -0.2) is 0 Å². The first-order valence-electron chi connectivity index (χ1n) is 7.29. The molecule has 3 rings (SSSR count). The number of hydrogen-bond acceptors (Lipinski definition) is 3. The molecule has 0 spiro atoms. The number of nitrogens with zero attached hydrogens (tertiary/aromatic N) is 3. The van der Waals surface area contributed by atoms with Gasteiger partial charge in [-0.05, 0) is 45.2 Å². The summed E-state index contributed by atoms with van der Waals surface area (Å²) in [7, 11) is 0. The van der Waals surface area contributed by atoms with Gasteiger partial charge in [0, 0.05) is 37.1 Å². The van der Waals surface area contributed by atoms with E-state index in [1.165, 1.54) is 38.8 Å². The van der Waals surface area contributed by atoms with Crippen LogP contribution >= 0.6 is 0 Å². The van der Waals surface area contributed by atoms with Crippen LogP contribution in [0.25, 0.3) is 0 Å². The predicted molar refractivity (Wildman–Crippen MR) is 72.4 cm³/mol. The molecule has 1 aliphatic heterocycles. The Kier molecular flexibility index (Phi) is 3.66. The fourth-order valence-electron chi connectivity index (χ4n) is 2.92. The lowest BCUT2D eigenvalue weighted by Crippen LogP contribution is -2.50. The van der Waals surface area contributed by atoms with Gasteiger partial charge in [-0.15, -0.1) is 0 Å². The minimum Gasteiger partial charge on any atom is -0.310 e. The number of nitrogens with one attached hydrogen (secondary N) is 1. The molecule has 0 radical (unpaired) electrons. The molecule has 4 heteroatoms. The number of hydrogen-bond donors (Lipinski definition) is 1. The number of aromatic nitrogens is 2. The predicted octanol–water partition coefficient (Wildman–Crippen LogP) is 1.49. The van der Waals surface area contributed by atoms with Crippen LogP contribution in [0.15, 0.2) is 18.5 Å². The highest BCUT2D eigenvalue weighted by Crippen LogP contribution is 2.22. The molecular formula is C14H24N4. The van der Waals surface area contributed by atoms with E-state index < -0.39 is 0 Å². The molecule has 1 aromatic rings. The molecule has 2 aliphatic rings. The summed E-state index contributed by atoms with van der Waals surface area (Å²) < 4.78 is 2.04. The van der Waals surface area contributed by atoms with E-state index in [-0.39, 0.29) is 0 Å². The average molecular weight is 248 g/mol. The SMILES string of the molecule is CC(Cn1cccn1)N1CCCC(NC2CC2)C1. The lowest BCUT2D eigenvalue weighted by molar-refractivity contribution is 0.131. The fourth-order valence-corrected chi connectivity index (χ4v) is 2.92. The van der Waals surface area contributed by atoms with Crippen molar-refractivity contribution in [1.82, 2.24) is 20.0 Å². The van der Waals surface area contributed by atoms with Gasteiger partial charge in [0.05, 0.1) is 6.54 Å². The summed E-state index contributed by atoms with van der Waals surface area (Å²) in [6.45, 7) is 5.77. The van der Waals surface area contributed by atoms with Gasteiger partial charge < -0.3 is 5.32 Å². The van der Waals surface area contributed by atoms with Crippen LogP contribution in [0.4, 0.5) is 0 Å². The van der Waals surface area contributed by atoms with Crippen molar-refractivity contribution < 1.29 is 0 Å². The Balaban J connectivity index is 1.50. The first kappa shape index (κ1) is 12.2. The maximum Gasteiger partial charge on any atom is 0.0562 e. The van der Waals surface area contributed by atoms with E-state index in [4.69, 9.17) is 0 Å². The van der Waals surface area contributed by atoms with Crippen LogP contribution in [-0.4, -0.2) is 45.9 Å². The standard InChI is InChI=1S/C14H24N4/c1-12(10-18-9-3-7-15-18)17-8-2-4-14(11-17)16-13-5-6-13/h3,7,9,12-14,16H,2,4-6,8,10-11H2,1H3. The average Bonchev–Trinajstić information content (AvgIpc) is 3.04. The van der Waals surface area contributed by atoms with Crippen molar-refractivity contribution >= 4 is 0 Å². The van der Waals surface area contributed by atoms with Crippen LogP contribution in [-0.2, 0) is 6.54 Å². The van der Waals surface area contributed by atoms with Crippen LogP contribution in [0.3, 0.4) is 0 Å². The summed E-state index contributed by atoms with van der Waals surface area (Å²) in [6.07, 6.45) is 9.37. The summed E-state index contributed by atoms with van der Waals surface area (Å²) >= 11 is 0. The van der Waals surface area contributed by atoms with Crippen molar-refractivity contribution in [3.63, 3.8) is 0 Å². The third-order valence-corrected chi connectivity index (χ3v) is 4.14. The fraction of sp³-hybridized carbons (Fsp3) is 0.786. The second-order valence-electron chi connectivity index (χ2n) is 5.85. The molecule has 0 aromatic carbocycles. The molecule has 1 aliphatic carbocycles. The highest BCUT2D eigenvalue weighted by Gasteiger charge is 2.29. The smallest absolute Gasteiger partial charge is 0.0562 e. The third-order valence-electron chi connectivity index (χ3n) is 4.14. The summed E-state index contributed by atoms with van der Waals surface area (Å²) in [5.41, 5.74) is 0. The summed E-state index contributed by atoms with van der Waals surface area (Å²) in [6, 6.07) is 4.12. The molecule has 2 unspecified atom stereocenters. The van der Waals surface area contributed by atoms with Gasteiger partial charge >= 0.3 is 0 Å². The molecule has 1 N–H and O–H groups in total. The van der Waals surface area contributed by atoms with Crippen molar-refractivity contribution in [3.8, 4) is 0 Å². The quantitative estimate of drug-likeness (QED) is 0.857. The molecule has 1 aromatic heterocycles. The van der Waals surface area contributed by atoms with Crippen LogP contribution in [0.2, 0.25) is 0 Å². The first-order chi connectivity index (χ1) is 8.81. The van der Waals surface area contributed by atoms with Crippen LogP contribution < -0.4 is 5.32 Å². The van der Waals surface area contributed by atoms with Gasteiger partial charge in [0.15, 0.2) is 0 Å². The second kappa shape index (κ2) is 5.41. The Morgan fingerprint density at radius 1 is 1.33 bits per heavy atom. The van der Waals surface area contributed by atoms with Crippen LogP contribution in [0, 0.1) is 0 Å².